The average Bonchev–Trinajstić information content (AvgIpc) is 2.68. The fourth-order valence-electron chi connectivity index (χ4n) is 3.93. The molecule has 0 saturated carbocycles. The molecular weight excluding hydrogens is 360 g/mol. The fraction of sp³-hybridized carbons (Fsp3) is 0.650. The highest BCUT2D eigenvalue weighted by atomic mass is 32.2. The van der Waals surface area contributed by atoms with Gasteiger partial charge in [0.05, 0.1) is 11.5 Å². The Morgan fingerprint density at radius 2 is 1.78 bits per heavy atom. The lowest BCUT2D eigenvalue weighted by Gasteiger charge is -2.35. The molecule has 0 bridgehead atoms. The minimum Gasteiger partial charge on any atom is -0.355 e. The van der Waals surface area contributed by atoms with Crippen LogP contribution in [-0.2, 0) is 16.3 Å². The van der Waals surface area contributed by atoms with Gasteiger partial charge in [0.2, 0.25) is 0 Å². The van der Waals surface area contributed by atoms with Gasteiger partial charge in [0, 0.05) is 46.3 Å². The number of nitrogens with zero attached hydrogens (tertiary/aromatic N) is 3. The van der Waals surface area contributed by atoms with Gasteiger partial charge in [-0.05, 0) is 30.7 Å². The van der Waals surface area contributed by atoms with E-state index in [2.05, 4.69) is 50.4 Å². The molecule has 2 saturated heterocycles. The highest BCUT2D eigenvalue weighted by Crippen LogP contribution is 2.21. The third-order valence-corrected chi connectivity index (χ3v) is 7.25. The standard InChI is InChI=1S/C20H32N4O2S/c1-21-20(22-9-12-23-13-15-27(25,26)16-14-23)24-10-7-19(8-11-24)17-18-5-3-2-4-6-18/h2-6,19H,7-17H2,1H3,(H,21,22). The quantitative estimate of drug-likeness (QED) is 0.603. The molecule has 150 valence electrons. The zero-order valence-electron chi connectivity index (χ0n) is 16.3. The molecule has 2 fully saturated rings. The Morgan fingerprint density at radius 1 is 1.11 bits per heavy atom. The van der Waals surface area contributed by atoms with E-state index >= 15 is 0 Å². The number of sulfone groups is 1. The van der Waals surface area contributed by atoms with Crippen molar-refractivity contribution in [1.82, 2.24) is 15.1 Å². The van der Waals surface area contributed by atoms with Crippen molar-refractivity contribution in [2.45, 2.75) is 19.3 Å². The lowest BCUT2D eigenvalue weighted by molar-refractivity contribution is 0.255. The van der Waals surface area contributed by atoms with Crippen LogP contribution >= 0.6 is 0 Å². The van der Waals surface area contributed by atoms with Crippen LogP contribution in [0.1, 0.15) is 18.4 Å². The van der Waals surface area contributed by atoms with E-state index in [0.29, 0.717) is 13.1 Å². The van der Waals surface area contributed by atoms with Gasteiger partial charge in [-0.25, -0.2) is 8.42 Å². The van der Waals surface area contributed by atoms with E-state index in [1.807, 2.05) is 7.05 Å². The number of piperidine rings is 1. The van der Waals surface area contributed by atoms with E-state index in [-0.39, 0.29) is 11.5 Å². The summed E-state index contributed by atoms with van der Waals surface area (Å²) in [5.74, 6) is 2.29. The molecule has 0 aromatic heterocycles. The first-order valence-electron chi connectivity index (χ1n) is 9.98. The predicted molar refractivity (Wildman–Crippen MR) is 111 cm³/mol. The third-order valence-electron chi connectivity index (χ3n) is 5.64. The number of likely N-dealkylation sites (tertiary alicyclic amines) is 1. The Morgan fingerprint density at radius 3 is 2.41 bits per heavy atom. The summed E-state index contributed by atoms with van der Waals surface area (Å²) < 4.78 is 23.0. The van der Waals surface area contributed by atoms with Crippen molar-refractivity contribution >= 4 is 15.8 Å². The van der Waals surface area contributed by atoms with E-state index in [0.717, 1.165) is 38.1 Å². The van der Waals surface area contributed by atoms with E-state index < -0.39 is 9.84 Å². The highest BCUT2D eigenvalue weighted by molar-refractivity contribution is 7.91. The zero-order chi connectivity index (χ0) is 19.1. The maximum atomic E-state index is 11.5. The molecule has 1 aromatic carbocycles. The fourth-order valence-corrected chi connectivity index (χ4v) is 5.21. The second kappa shape index (κ2) is 9.55. The molecule has 27 heavy (non-hydrogen) atoms. The molecule has 1 aromatic rings. The van der Waals surface area contributed by atoms with Gasteiger partial charge in [0.1, 0.15) is 0 Å². The molecule has 0 radical (unpaired) electrons. The predicted octanol–water partition coefficient (Wildman–Crippen LogP) is 1.25. The molecule has 0 atom stereocenters. The Bertz CT molecular complexity index is 699. The van der Waals surface area contributed by atoms with Crippen LogP contribution in [0.15, 0.2) is 35.3 Å². The molecule has 1 N–H and O–H groups in total. The van der Waals surface area contributed by atoms with Crippen molar-refractivity contribution in [1.29, 1.82) is 0 Å². The normalized spacial score (nSPS) is 22.0. The van der Waals surface area contributed by atoms with Crippen LogP contribution in [0.4, 0.5) is 0 Å². The SMILES string of the molecule is CN=C(NCCN1CCS(=O)(=O)CC1)N1CCC(Cc2ccccc2)CC1. The second-order valence-corrected chi connectivity index (χ2v) is 9.89. The third kappa shape index (κ3) is 6.21. The van der Waals surface area contributed by atoms with E-state index in [4.69, 9.17) is 0 Å². The molecule has 0 spiro atoms. The van der Waals surface area contributed by atoms with Gasteiger partial charge in [0.15, 0.2) is 15.8 Å². The molecule has 2 heterocycles. The van der Waals surface area contributed by atoms with Crippen LogP contribution in [0.3, 0.4) is 0 Å². The van der Waals surface area contributed by atoms with Gasteiger partial charge < -0.3 is 10.2 Å². The first-order valence-corrected chi connectivity index (χ1v) is 11.8. The molecule has 2 aliphatic rings. The molecular formula is C20H32N4O2S. The Balaban J connectivity index is 1.38. The maximum Gasteiger partial charge on any atom is 0.193 e. The zero-order valence-corrected chi connectivity index (χ0v) is 17.1. The minimum atomic E-state index is -2.80. The van der Waals surface area contributed by atoms with Crippen molar-refractivity contribution in [3.8, 4) is 0 Å². The van der Waals surface area contributed by atoms with Gasteiger partial charge in [-0.1, -0.05) is 30.3 Å². The van der Waals surface area contributed by atoms with Crippen LogP contribution < -0.4 is 5.32 Å². The van der Waals surface area contributed by atoms with Crippen molar-refractivity contribution in [3.05, 3.63) is 35.9 Å². The number of hydrogen-bond acceptors (Lipinski definition) is 4. The number of benzene rings is 1. The molecule has 0 amide bonds. The minimum absolute atomic E-state index is 0.288. The summed E-state index contributed by atoms with van der Waals surface area (Å²) in [4.78, 5) is 9.01. The number of aliphatic imine (C=N–C) groups is 1. The lowest BCUT2D eigenvalue weighted by atomic mass is 9.90. The number of rotatable bonds is 5. The van der Waals surface area contributed by atoms with Gasteiger partial charge in [-0.15, -0.1) is 0 Å². The largest absolute Gasteiger partial charge is 0.355 e. The Labute approximate surface area is 163 Å². The molecule has 6 nitrogen and oxygen atoms in total. The Hall–Kier alpha value is -1.60. The van der Waals surface area contributed by atoms with Gasteiger partial charge in [-0.2, -0.15) is 0 Å². The van der Waals surface area contributed by atoms with E-state index in [1.165, 1.54) is 24.8 Å². The van der Waals surface area contributed by atoms with Gasteiger partial charge >= 0.3 is 0 Å². The van der Waals surface area contributed by atoms with Gasteiger partial charge in [0.25, 0.3) is 0 Å². The van der Waals surface area contributed by atoms with Crippen molar-refractivity contribution in [2.24, 2.45) is 10.9 Å². The molecule has 0 aliphatic carbocycles. The first kappa shape index (κ1) is 20.1. The molecule has 2 aliphatic heterocycles. The maximum absolute atomic E-state index is 11.5. The van der Waals surface area contributed by atoms with Crippen LogP contribution in [0, 0.1) is 5.92 Å². The summed E-state index contributed by atoms with van der Waals surface area (Å²) in [6.07, 6.45) is 3.55. The van der Waals surface area contributed by atoms with E-state index in [9.17, 15) is 8.42 Å². The second-order valence-electron chi connectivity index (χ2n) is 7.59. The summed E-state index contributed by atoms with van der Waals surface area (Å²) in [5, 5.41) is 3.46. The smallest absolute Gasteiger partial charge is 0.193 e. The van der Waals surface area contributed by atoms with Crippen LogP contribution in [0.25, 0.3) is 0 Å². The van der Waals surface area contributed by atoms with Crippen LogP contribution in [0.2, 0.25) is 0 Å². The monoisotopic (exact) mass is 392 g/mol. The number of nitrogens with one attached hydrogen (secondary N) is 1. The number of guanidine groups is 1. The van der Waals surface area contributed by atoms with Crippen LogP contribution in [0.5, 0.6) is 0 Å². The Kier molecular flexibility index (Phi) is 7.13. The molecule has 3 rings (SSSR count). The van der Waals surface area contributed by atoms with E-state index in [1.54, 1.807) is 0 Å². The van der Waals surface area contributed by atoms with Crippen molar-refractivity contribution in [3.63, 3.8) is 0 Å². The molecule has 0 unspecified atom stereocenters. The lowest BCUT2D eigenvalue weighted by Crippen LogP contribution is -2.49. The number of hydrogen-bond donors (Lipinski definition) is 1. The average molecular weight is 393 g/mol. The first-order chi connectivity index (χ1) is 13.1. The highest BCUT2D eigenvalue weighted by Gasteiger charge is 2.23. The van der Waals surface area contributed by atoms with Crippen LogP contribution in [-0.4, -0.2) is 82.0 Å². The topological polar surface area (TPSA) is 65.0 Å². The summed E-state index contributed by atoms with van der Waals surface area (Å²) in [7, 11) is -0.962. The van der Waals surface area contributed by atoms with Crippen molar-refractivity contribution in [2.75, 3.05) is 57.8 Å². The van der Waals surface area contributed by atoms with Gasteiger partial charge in [-0.3, -0.25) is 9.89 Å². The summed E-state index contributed by atoms with van der Waals surface area (Å²) >= 11 is 0. The summed E-state index contributed by atoms with van der Waals surface area (Å²) in [5.41, 5.74) is 1.43. The van der Waals surface area contributed by atoms with Crippen molar-refractivity contribution < 1.29 is 8.42 Å². The summed E-state index contributed by atoms with van der Waals surface area (Å²) in [6.45, 7) is 5.04. The summed E-state index contributed by atoms with van der Waals surface area (Å²) in [6, 6.07) is 10.8. The molecule has 7 heteroatoms.